The van der Waals surface area contributed by atoms with Crippen LogP contribution in [-0.2, 0) is 0 Å². The predicted molar refractivity (Wildman–Crippen MR) is 121 cm³/mol. The summed E-state index contributed by atoms with van der Waals surface area (Å²) in [6.07, 6.45) is 1.75. The quantitative estimate of drug-likeness (QED) is 0.223. The van der Waals surface area contributed by atoms with Gasteiger partial charge in [-0.3, -0.25) is 0 Å². The third kappa shape index (κ3) is 2.20. The third-order valence-electron chi connectivity index (χ3n) is 5.78. The van der Waals surface area contributed by atoms with Crippen LogP contribution in [0.1, 0.15) is 0 Å². The number of hydrogen-bond donors (Lipinski definition) is 0. The SMILES string of the molecule is C[Si](C)(C)c1cc2cc3ccc4c5cc6occc6cc5ccc4c3cc2o1. The molecule has 0 unspecified atom stereocenters. The Balaban J connectivity index is 1.71. The van der Waals surface area contributed by atoms with Crippen LogP contribution in [0, 0.1) is 0 Å². The maximum Gasteiger partial charge on any atom is 0.134 e. The van der Waals surface area contributed by atoms with E-state index in [1.54, 1.807) is 6.26 Å². The molecule has 0 saturated heterocycles. The zero-order valence-electron chi connectivity index (χ0n) is 16.2. The second-order valence-corrected chi connectivity index (χ2v) is 13.7. The molecule has 0 spiro atoms. The molecule has 136 valence electrons. The summed E-state index contributed by atoms with van der Waals surface area (Å²) in [6.45, 7) is 6.96. The van der Waals surface area contributed by atoms with Gasteiger partial charge in [-0.2, -0.15) is 0 Å². The summed E-state index contributed by atoms with van der Waals surface area (Å²) in [5.41, 5.74) is 1.92. The first-order valence-electron chi connectivity index (χ1n) is 9.68. The van der Waals surface area contributed by atoms with Gasteiger partial charge in [-0.1, -0.05) is 43.9 Å². The van der Waals surface area contributed by atoms with E-state index in [0.717, 1.165) is 21.9 Å². The van der Waals surface area contributed by atoms with Gasteiger partial charge in [0.2, 0.25) is 0 Å². The molecule has 0 aliphatic carbocycles. The van der Waals surface area contributed by atoms with E-state index in [1.165, 1.54) is 37.7 Å². The Labute approximate surface area is 163 Å². The van der Waals surface area contributed by atoms with E-state index in [0.29, 0.717) is 0 Å². The maximum atomic E-state index is 6.27. The number of furan rings is 2. The Bertz CT molecular complexity index is 1540. The maximum absolute atomic E-state index is 6.27. The third-order valence-corrected chi connectivity index (χ3v) is 7.51. The fourth-order valence-corrected chi connectivity index (χ4v) is 5.24. The summed E-state index contributed by atoms with van der Waals surface area (Å²) >= 11 is 0. The van der Waals surface area contributed by atoms with Crippen molar-refractivity contribution in [3.8, 4) is 0 Å². The minimum Gasteiger partial charge on any atom is -0.466 e. The van der Waals surface area contributed by atoms with E-state index in [9.17, 15) is 0 Å². The van der Waals surface area contributed by atoms with E-state index < -0.39 is 8.07 Å². The summed E-state index contributed by atoms with van der Waals surface area (Å²) in [5, 5.41) is 11.0. The molecule has 3 heteroatoms. The van der Waals surface area contributed by atoms with Crippen molar-refractivity contribution in [3.05, 3.63) is 66.9 Å². The van der Waals surface area contributed by atoms with Gasteiger partial charge in [0, 0.05) is 10.8 Å². The van der Waals surface area contributed by atoms with Gasteiger partial charge in [-0.15, -0.1) is 0 Å². The van der Waals surface area contributed by atoms with E-state index in [-0.39, 0.29) is 0 Å². The highest BCUT2D eigenvalue weighted by molar-refractivity contribution is 6.87. The molecule has 0 fully saturated rings. The van der Waals surface area contributed by atoms with Crippen molar-refractivity contribution < 1.29 is 8.83 Å². The Hall–Kier alpha value is -3.04. The molecule has 2 nitrogen and oxygen atoms in total. The van der Waals surface area contributed by atoms with Crippen molar-refractivity contribution in [2.24, 2.45) is 0 Å². The van der Waals surface area contributed by atoms with E-state index in [2.05, 4.69) is 74.2 Å². The summed E-state index contributed by atoms with van der Waals surface area (Å²) in [5.74, 6) is 0. The van der Waals surface area contributed by atoms with Gasteiger partial charge >= 0.3 is 0 Å². The van der Waals surface area contributed by atoms with E-state index in [1.807, 2.05) is 6.07 Å². The van der Waals surface area contributed by atoms with Crippen LogP contribution < -0.4 is 5.38 Å². The Morgan fingerprint density at radius 2 is 1.21 bits per heavy atom. The zero-order chi connectivity index (χ0) is 19.0. The van der Waals surface area contributed by atoms with E-state index in [4.69, 9.17) is 8.83 Å². The van der Waals surface area contributed by atoms with Crippen molar-refractivity contribution in [3.63, 3.8) is 0 Å². The molecule has 0 bridgehead atoms. The lowest BCUT2D eigenvalue weighted by molar-refractivity contribution is 0.616. The minimum atomic E-state index is -1.48. The fraction of sp³-hybridized carbons (Fsp3) is 0.120. The Kier molecular flexibility index (Phi) is 3.00. The van der Waals surface area contributed by atoms with Crippen LogP contribution >= 0.6 is 0 Å². The highest BCUT2D eigenvalue weighted by atomic mass is 28.3. The number of hydrogen-bond acceptors (Lipinski definition) is 2. The van der Waals surface area contributed by atoms with Gasteiger partial charge in [0.15, 0.2) is 0 Å². The molecule has 28 heavy (non-hydrogen) atoms. The molecule has 0 atom stereocenters. The second-order valence-electron chi connectivity index (χ2n) is 8.73. The highest BCUT2D eigenvalue weighted by Gasteiger charge is 2.21. The molecule has 2 aromatic heterocycles. The van der Waals surface area contributed by atoms with Crippen molar-refractivity contribution in [2.45, 2.75) is 19.6 Å². The molecule has 0 amide bonds. The van der Waals surface area contributed by atoms with Crippen LogP contribution in [0.15, 0.2) is 75.8 Å². The fourth-order valence-electron chi connectivity index (χ4n) is 4.24. The molecular formula is C25H20O2Si. The van der Waals surface area contributed by atoms with Crippen LogP contribution in [0.4, 0.5) is 0 Å². The van der Waals surface area contributed by atoms with Gasteiger partial charge in [0.1, 0.15) is 19.2 Å². The molecular weight excluding hydrogens is 360 g/mol. The van der Waals surface area contributed by atoms with Crippen LogP contribution in [0.2, 0.25) is 19.6 Å². The van der Waals surface area contributed by atoms with Gasteiger partial charge in [0.05, 0.1) is 11.6 Å². The van der Waals surface area contributed by atoms with Gasteiger partial charge in [-0.05, 0) is 68.7 Å². The monoisotopic (exact) mass is 380 g/mol. The number of fused-ring (bicyclic) bond motifs is 7. The molecule has 4 aromatic carbocycles. The lowest BCUT2D eigenvalue weighted by atomic mass is 9.96. The van der Waals surface area contributed by atoms with Gasteiger partial charge < -0.3 is 8.83 Å². The van der Waals surface area contributed by atoms with Gasteiger partial charge in [-0.25, -0.2) is 0 Å². The molecule has 6 rings (SSSR count). The zero-order valence-corrected chi connectivity index (χ0v) is 17.2. The normalized spacial score (nSPS) is 12.8. The molecule has 0 saturated carbocycles. The van der Waals surface area contributed by atoms with Crippen molar-refractivity contribution in [1.29, 1.82) is 0 Å². The number of rotatable bonds is 1. The van der Waals surface area contributed by atoms with E-state index >= 15 is 0 Å². The summed E-state index contributed by atoms with van der Waals surface area (Å²) in [6, 6.07) is 22.0. The molecule has 6 aromatic rings. The molecule has 0 aliphatic heterocycles. The second kappa shape index (κ2) is 5.27. The summed E-state index contributed by atoms with van der Waals surface area (Å²) < 4.78 is 11.9. The van der Waals surface area contributed by atoms with Crippen molar-refractivity contribution in [1.82, 2.24) is 0 Å². The van der Waals surface area contributed by atoms with Gasteiger partial charge in [0.25, 0.3) is 0 Å². The highest BCUT2D eigenvalue weighted by Crippen LogP contribution is 2.35. The topological polar surface area (TPSA) is 26.3 Å². The van der Waals surface area contributed by atoms with Crippen LogP contribution in [0.25, 0.3) is 54.3 Å². The summed E-state index contributed by atoms with van der Waals surface area (Å²) in [7, 11) is -1.48. The molecule has 0 aliphatic rings. The smallest absolute Gasteiger partial charge is 0.134 e. The standard InChI is InChI=1S/C25H20O2Si/c1-28(2,3)25-12-18-11-16-5-7-19-20(22(16)14-24(18)27-25)6-4-15-10-17-8-9-26-23(17)13-21(15)19/h4-14H,1-3H3. The lowest BCUT2D eigenvalue weighted by Gasteiger charge is -2.10. The largest absolute Gasteiger partial charge is 0.466 e. The van der Waals surface area contributed by atoms with Crippen molar-refractivity contribution in [2.75, 3.05) is 0 Å². The Morgan fingerprint density at radius 3 is 1.89 bits per heavy atom. The predicted octanol–water partition coefficient (Wildman–Crippen LogP) is 7.18. The first-order valence-corrected chi connectivity index (χ1v) is 13.2. The average Bonchev–Trinajstić information content (AvgIpc) is 3.29. The number of benzene rings is 4. The average molecular weight is 381 g/mol. The minimum absolute atomic E-state index is 0.932. The van der Waals surface area contributed by atoms with Crippen molar-refractivity contribution >= 4 is 67.7 Å². The van der Waals surface area contributed by atoms with Crippen LogP contribution in [-0.4, -0.2) is 8.07 Å². The molecule has 0 radical (unpaired) electrons. The first kappa shape index (κ1) is 16.0. The molecule has 0 N–H and O–H groups in total. The first-order chi connectivity index (χ1) is 13.5. The van der Waals surface area contributed by atoms with Crippen LogP contribution in [0.5, 0.6) is 0 Å². The summed E-state index contributed by atoms with van der Waals surface area (Å²) in [4.78, 5) is 0. The Morgan fingerprint density at radius 1 is 0.571 bits per heavy atom. The lowest BCUT2D eigenvalue weighted by Crippen LogP contribution is -2.36. The van der Waals surface area contributed by atoms with Crippen LogP contribution in [0.3, 0.4) is 0 Å². The molecule has 2 heterocycles.